The van der Waals surface area contributed by atoms with Gasteiger partial charge in [0.25, 0.3) is 0 Å². The molecule has 1 aromatic carbocycles. The molecule has 1 aliphatic heterocycles. The van der Waals surface area contributed by atoms with Crippen LogP contribution in [-0.2, 0) is 4.79 Å². The Hall–Kier alpha value is -1.89. The monoisotopic (exact) mass is 376 g/mol. The standard InChI is InChI=1S/C19H25ClN4O2/c1-19(2,3)24-11-9-23(10-12-24)15(18(25)26)14-16(20)22-17(21-14)13-7-5-4-6-8-13/h4-8,15H,9-12H2,1-3H3,(H,21,22)(H,25,26). The number of hydrogen-bond acceptors (Lipinski definition) is 4. The number of rotatable bonds is 4. The lowest BCUT2D eigenvalue weighted by atomic mass is 10.0. The quantitative estimate of drug-likeness (QED) is 0.856. The number of aliphatic carboxylic acids is 1. The number of aromatic nitrogens is 2. The van der Waals surface area contributed by atoms with E-state index >= 15 is 0 Å². The number of piperazine rings is 1. The van der Waals surface area contributed by atoms with Crippen molar-refractivity contribution in [1.29, 1.82) is 0 Å². The molecule has 1 aromatic heterocycles. The molecule has 1 atom stereocenters. The fourth-order valence-corrected chi connectivity index (χ4v) is 3.63. The van der Waals surface area contributed by atoms with Crippen molar-refractivity contribution in [1.82, 2.24) is 19.8 Å². The molecule has 2 N–H and O–H groups in total. The molecule has 0 spiro atoms. The van der Waals surface area contributed by atoms with Gasteiger partial charge in [-0.1, -0.05) is 41.9 Å². The topological polar surface area (TPSA) is 72.5 Å². The molecule has 140 valence electrons. The van der Waals surface area contributed by atoms with Crippen LogP contribution in [0.1, 0.15) is 32.5 Å². The van der Waals surface area contributed by atoms with E-state index in [1.165, 1.54) is 0 Å². The summed E-state index contributed by atoms with van der Waals surface area (Å²) < 4.78 is 0. The number of halogens is 1. The zero-order valence-corrected chi connectivity index (χ0v) is 16.1. The summed E-state index contributed by atoms with van der Waals surface area (Å²) in [6, 6.07) is 8.74. The average molecular weight is 377 g/mol. The van der Waals surface area contributed by atoms with Gasteiger partial charge >= 0.3 is 5.97 Å². The van der Waals surface area contributed by atoms with Gasteiger partial charge in [-0.05, 0) is 20.8 Å². The number of carbonyl (C=O) groups is 1. The van der Waals surface area contributed by atoms with Gasteiger partial charge in [-0.25, -0.2) is 4.98 Å². The van der Waals surface area contributed by atoms with E-state index in [9.17, 15) is 9.90 Å². The van der Waals surface area contributed by atoms with Crippen LogP contribution in [0.4, 0.5) is 0 Å². The summed E-state index contributed by atoms with van der Waals surface area (Å²) >= 11 is 6.31. The highest BCUT2D eigenvalue weighted by Gasteiger charge is 2.35. The van der Waals surface area contributed by atoms with Crippen LogP contribution in [0.2, 0.25) is 5.15 Å². The molecule has 7 heteroatoms. The Morgan fingerprint density at radius 1 is 1.19 bits per heavy atom. The SMILES string of the molecule is CC(C)(C)N1CCN(C(C(=O)O)c2[nH]c(-c3ccccc3)nc2Cl)CC1. The van der Waals surface area contributed by atoms with E-state index < -0.39 is 12.0 Å². The van der Waals surface area contributed by atoms with Crippen LogP contribution in [-0.4, -0.2) is 62.6 Å². The third kappa shape index (κ3) is 3.92. The molecule has 2 heterocycles. The van der Waals surface area contributed by atoms with Crippen molar-refractivity contribution in [2.45, 2.75) is 32.4 Å². The highest BCUT2D eigenvalue weighted by atomic mass is 35.5. The highest BCUT2D eigenvalue weighted by molar-refractivity contribution is 6.30. The molecule has 2 aromatic rings. The molecule has 0 amide bonds. The molecule has 1 fully saturated rings. The van der Waals surface area contributed by atoms with Gasteiger partial charge in [-0.15, -0.1) is 0 Å². The minimum Gasteiger partial charge on any atom is -0.480 e. The lowest BCUT2D eigenvalue weighted by Crippen LogP contribution is -2.54. The van der Waals surface area contributed by atoms with E-state index in [2.05, 4.69) is 35.6 Å². The second-order valence-electron chi connectivity index (χ2n) is 7.59. The lowest BCUT2D eigenvalue weighted by Gasteiger charge is -2.43. The zero-order valence-electron chi connectivity index (χ0n) is 15.4. The smallest absolute Gasteiger partial charge is 0.327 e. The predicted octanol–water partition coefficient (Wildman–Crippen LogP) is 3.27. The fraction of sp³-hybridized carbons (Fsp3) is 0.474. The van der Waals surface area contributed by atoms with Gasteiger partial charge in [0.05, 0.1) is 5.69 Å². The van der Waals surface area contributed by atoms with E-state index in [-0.39, 0.29) is 10.7 Å². The Morgan fingerprint density at radius 3 is 2.35 bits per heavy atom. The summed E-state index contributed by atoms with van der Waals surface area (Å²) in [7, 11) is 0. The van der Waals surface area contributed by atoms with Crippen molar-refractivity contribution in [3.05, 3.63) is 41.2 Å². The van der Waals surface area contributed by atoms with Crippen molar-refractivity contribution in [3.8, 4) is 11.4 Å². The van der Waals surface area contributed by atoms with Gasteiger partial charge in [0.15, 0.2) is 11.2 Å². The fourth-order valence-electron chi connectivity index (χ4n) is 3.39. The van der Waals surface area contributed by atoms with Crippen LogP contribution >= 0.6 is 11.6 Å². The van der Waals surface area contributed by atoms with Crippen molar-refractivity contribution in [2.24, 2.45) is 0 Å². The average Bonchev–Trinajstić information content (AvgIpc) is 2.97. The Labute approximate surface area is 158 Å². The molecule has 1 unspecified atom stereocenters. The Morgan fingerprint density at radius 2 is 1.81 bits per heavy atom. The van der Waals surface area contributed by atoms with E-state index in [1.54, 1.807) is 0 Å². The van der Waals surface area contributed by atoms with Crippen LogP contribution in [0.25, 0.3) is 11.4 Å². The molecule has 0 bridgehead atoms. The number of imidazole rings is 1. The Bertz CT molecular complexity index is 762. The van der Waals surface area contributed by atoms with Gasteiger partial charge in [0.1, 0.15) is 5.82 Å². The molecule has 26 heavy (non-hydrogen) atoms. The maximum Gasteiger partial charge on any atom is 0.327 e. The van der Waals surface area contributed by atoms with Crippen LogP contribution in [0.15, 0.2) is 30.3 Å². The molecule has 0 saturated carbocycles. The summed E-state index contributed by atoms with van der Waals surface area (Å²) in [5.74, 6) is -0.329. The minimum atomic E-state index is -0.917. The molecule has 0 radical (unpaired) electrons. The first-order valence-electron chi connectivity index (χ1n) is 8.80. The number of carboxylic acids is 1. The maximum atomic E-state index is 12.0. The Kier molecular flexibility index (Phi) is 5.37. The van der Waals surface area contributed by atoms with Gasteiger partial charge < -0.3 is 10.1 Å². The number of nitrogens with zero attached hydrogens (tertiary/aromatic N) is 3. The summed E-state index contributed by atoms with van der Waals surface area (Å²) in [5, 5.41) is 10.1. The van der Waals surface area contributed by atoms with E-state index in [0.717, 1.165) is 18.7 Å². The molecule has 6 nitrogen and oxygen atoms in total. The number of nitrogens with one attached hydrogen (secondary N) is 1. The van der Waals surface area contributed by atoms with Crippen molar-refractivity contribution < 1.29 is 9.90 Å². The number of aromatic amines is 1. The van der Waals surface area contributed by atoms with Gasteiger partial charge in [0, 0.05) is 37.3 Å². The maximum absolute atomic E-state index is 12.0. The normalized spacial score (nSPS) is 18.0. The molecular weight excluding hydrogens is 352 g/mol. The number of benzene rings is 1. The van der Waals surface area contributed by atoms with Crippen LogP contribution in [0.3, 0.4) is 0 Å². The lowest BCUT2D eigenvalue weighted by molar-refractivity contribution is -0.144. The van der Waals surface area contributed by atoms with E-state index in [4.69, 9.17) is 11.6 Å². The summed E-state index contributed by atoms with van der Waals surface area (Å²) in [6.07, 6.45) is 0. The Balaban J connectivity index is 1.84. The molecule has 0 aliphatic carbocycles. The first kappa shape index (κ1) is 18.9. The second-order valence-corrected chi connectivity index (χ2v) is 7.95. The molecular formula is C19H25ClN4O2. The number of carboxylic acid groups (broad SMARTS) is 1. The van der Waals surface area contributed by atoms with Gasteiger partial charge in [0.2, 0.25) is 0 Å². The molecule has 3 rings (SSSR count). The second kappa shape index (κ2) is 7.39. The summed E-state index contributed by atoms with van der Waals surface area (Å²) in [6.45, 7) is 9.52. The van der Waals surface area contributed by atoms with Crippen molar-refractivity contribution in [2.75, 3.05) is 26.2 Å². The van der Waals surface area contributed by atoms with Crippen molar-refractivity contribution in [3.63, 3.8) is 0 Å². The van der Waals surface area contributed by atoms with Crippen LogP contribution in [0, 0.1) is 0 Å². The zero-order chi connectivity index (χ0) is 18.9. The molecule has 1 aliphatic rings. The van der Waals surface area contributed by atoms with Crippen LogP contribution < -0.4 is 0 Å². The summed E-state index contributed by atoms with van der Waals surface area (Å²) in [4.78, 5) is 23.8. The van der Waals surface area contributed by atoms with E-state index in [1.807, 2.05) is 35.2 Å². The minimum absolute atomic E-state index is 0.0803. The summed E-state index contributed by atoms with van der Waals surface area (Å²) in [5.41, 5.74) is 1.40. The largest absolute Gasteiger partial charge is 0.480 e. The predicted molar refractivity (Wildman–Crippen MR) is 102 cm³/mol. The van der Waals surface area contributed by atoms with E-state index in [0.29, 0.717) is 24.6 Å². The number of H-pyrrole nitrogens is 1. The van der Waals surface area contributed by atoms with Crippen molar-refractivity contribution >= 4 is 17.6 Å². The first-order valence-corrected chi connectivity index (χ1v) is 9.18. The number of hydrogen-bond donors (Lipinski definition) is 2. The third-order valence-corrected chi connectivity index (χ3v) is 5.16. The first-order chi connectivity index (χ1) is 12.3. The third-order valence-electron chi connectivity index (χ3n) is 4.87. The highest BCUT2D eigenvalue weighted by Crippen LogP contribution is 2.30. The van der Waals surface area contributed by atoms with Crippen LogP contribution in [0.5, 0.6) is 0 Å². The van der Waals surface area contributed by atoms with Gasteiger partial charge in [-0.3, -0.25) is 14.6 Å². The molecule has 1 saturated heterocycles. The van der Waals surface area contributed by atoms with Gasteiger partial charge in [-0.2, -0.15) is 0 Å².